The van der Waals surface area contributed by atoms with Crippen molar-refractivity contribution in [2.45, 2.75) is 71.7 Å². The van der Waals surface area contributed by atoms with Crippen LogP contribution >= 0.6 is 0 Å². The molecular weight excluding hydrogens is 379 g/mol. The molecule has 3 aliphatic heterocycles. The number of amides is 1. The summed E-state index contributed by atoms with van der Waals surface area (Å²) >= 11 is 0. The van der Waals surface area contributed by atoms with E-state index < -0.39 is 5.60 Å². The lowest BCUT2D eigenvalue weighted by Crippen LogP contribution is -2.58. The fraction of sp³-hybridized carbons (Fsp3) is 0.696. The minimum Gasteiger partial charge on any atom is -0.444 e. The summed E-state index contributed by atoms with van der Waals surface area (Å²) in [5, 5.41) is 0. The van der Waals surface area contributed by atoms with Crippen molar-refractivity contribution in [3.8, 4) is 0 Å². The number of carbonyl (C=O) groups excluding carboxylic acids is 1. The number of rotatable bonds is 2. The molecule has 0 N–H and O–H groups in total. The van der Waals surface area contributed by atoms with Gasteiger partial charge >= 0.3 is 13.2 Å². The van der Waals surface area contributed by atoms with Crippen LogP contribution in [0.2, 0.25) is 0 Å². The van der Waals surface area contributed by atoms with Crippen LogP contribution in [0.25, 0.3) is 0 Å². The minimum absolute atomic E-state index is 0.190. The van der Waals surface area contributed by atoms with E-state index in [9.17, 15) is 4.79 Å². The van der Waals surface area contributed by atoms with E-state index in [0.29, 0.717) is 0 Å². The summed E-state index contributed by atoms with van der Waals surface area (Å²) in [6.45, 7) is 17.5. The zero-order chi connectivity index (χ0) is 21.9. The van der Waals surface area contributed by atoms with E-state index in [0.717, 1.165) is 38.1 Å². The summed E-state index contributed by atoms with van der Waals surface area (Å²) in [5.41, 5.74) is 1.34. The Morgan fingerprint density at radius 2 is 1.57 bits per heavy atom. The number of benzene rings is 1. The van der Waals surface area contributed by atoms with Gasteiger partial charge in [0.15, 0.2) is 0 Å². The van der Waals surface area contributed by atoms with Crippen LogP contribution in [0.3, 0.4) is 0 Å². The summed E-state index contributed by atoms with van der Waals surface area (Å²) in [5.74, 6) is 0. The molecule has 0 aromatic heterocycles. The molecule has 4 rings (SSSR count). The highest BCUT2D eigenvalue weighted by molar-refractivity contribution is 6.62. The van der Waals surface area contributed by atoms with Gasteiger partial charge < -0.3 is 23.8 Å². The molecule has 0 aliphatic carbocycles. The van der Waals surface area contributed by atoms with Gasteiger partial charge in [0.2, 0.25) is 0 Å². The van der Waals surface area contributed by atoms with Gasteiger partial charge in [0, 0.05) is 37.3 Å². The van der Waals surface area contributed by atoms with Crippen LogP contribution in [0.5, 0.6) is 0 Å². The molecule has 3 aliphatic rings. The van der Waals surface area contributed by atoms with Crippen molar-refractivity contribution in [2.75, 3.05) is 31.1 Å². The average Bonchev–Trinajstić information content (AvgIpc) is 3.12. The first kappa shape index (κ1) is 21.5. The van der Waals surface area contributed by atoms with Gasteiger partial charge in [0.25, 0.3) is 0 Å². The maximum atomic E-state index is 12.4. The Kier molecular flexibility index (Phi) is 4.94. The topological polar surface area (TPSA) is 51.2 Å². The van der Waals surface area contributed by atoms with E-state index in [1.165, 1.54) is 5.69 Å². The van der Waals surface area contributed by atoms with Crippen molar-refractivity contribution in [1.29, 1.82) is 0 Å². The van der Waals surface area contributed by atoms with Crippen LogP contribution < -0.4 is 10.4 Å². The van der Waals surface area contributed by atoms with Crippen molar-refractivity contribution in [3.63, 3.8) is 0 Å². The zero-order valence-electron chi connectivity index (χ0n) is 19.4. The molecule has 3 heterocycles. The fourth-order valence-electron chi connectivity index (χ4n) is 4.44. The Labute approximate surface area is 181 Å². The van der Waals surface area contributed by atoms with E-state index in [4.69, 9.17) is 14.0 Å². The number of ether oxygens (including phenoxy) is 1. The van der Waals surface area contributed by atoms with Gasteiger partial charge in [-0.05, 0) is 72.5 Å². The lowest BCUT2D eigenvalue weighted by Gasteiger charge is -2.49. The molecule has 164 valence electrons. The highest BCUT2D eigenvalue weighted by Gasteiger charge is 2.52. The van der Waals surface area contributed by atoms with Gasteiger partial charge in [-0.3, -0.25) is 0 Å². The predicted octanol–water partition coefficient (Wildman–Crippen LogP) is 3.43. The molecule has 0 atom stereocenters. The summed E-state index contributed by atoms with van der Waals surface area (Å²) in [4.78, 5) is 16.6. The first-order valence-corrected chi connectivity index (χ1v) is 11.0. The Morgan fingerprint density at radius 3 is 2.10 bits per heavy atom. The van der Waals surface area contributed by atoms with Crippen molar-refractivity contribution in [2.24, 2.45) is 5.41 Å². The van der Waals surface area contributed by atoms with Gasteiger partial charge in [-0.1, -0.05) is 12.1 Å². The Hall–Kier alpha value is -1.73. The molecule has 0 bridgehead atoms. The SMILES string of the molecule is CC(C)(C)OC(=O)N1CCC2(C1)CN(c1ccc(B3OC(C)(C)C(C)(C)O3)cc1)C2. The maximum Gasteiger partial charge on any atom is 0.494 e. The van der Waals surface area contributed by atoms with Gasteiger partial charge in [0.1, 0.15) is 5.60 Å². The molecule has 6 nitrogen and oxygen atoms in total. The molecule has 1 spiro atoms. The third-order valence-corrected chi connectivity index (χ3v) is 6.93. The first-order valence-electron chi connectivity index (χ1n) is 11.0. The number of hydrogen-bond acceptors (Lipinski definition) is 5. The highest BCUT2D eigenvalue weighted by Crippen LogP contribution is 2.42. The van der Waals surface area contributed by atoms with E-state index in [2.05, 4.69) is 56.9 Å². The third-order valence-electron chi connectivity index (χ3n) is 6.93. The van der Waals surface area contributed by atoms with E-state index in [1.807, 2.05) is 25.7 Å². The van der Waals surface area contributed by atoms with E-state index in [1.54, 1.807) is 0 Å². The average molecular weight is 414 g/mol. The van der Waals surface area contributed by atoms with E-state index >= 15 is 0 Å². The molecule has 30 heavy (non-hydrogen) atoms. The summed E-state index contributed by atoms with van der Waals surface area (Å²) in [6, 6.07) is 8.50. The third kappa shape index (κ3) is 3.94. The van der Waals surface area contributed by atoms with Gasteiger partial charge in [-0.25, -0.2) is 4.79 Å². The van der Waals surface area contributed by atoms with E-state index in [-0.39, 0.29) is 29.8 Å². The van der Waals surface area contributed by atoms with Crippen LogP contribution in [-0.4, -0.2) is 61.1 Å². The highest BCUT2D eigenvalue weighted by atomic mass is 16.7. The zero-order valence-corrected chi connectivity index (χ0v) is 19.4. The molecule has 0 unspecified atom stereocenters. The van der Waals surface area contributed by atoms with Crippen molar-refractivity contribution >= 4 is 24.4 Å². The number of carbonyl (C=O) groups is 1. The monoisotopic (exact) mass is 414 g/mol. The molecule has 1 amide bonds. The lowest BCUT2D eigenvalue weighted by molar-refractivity contribution is 0.00578. The van der Waals surface area contributed by atoms with Gasteiger partial charge in [-0.2, -0.15) is 0 Å². The number of nitrogens with zero attached hydrogens (tertiary/aromatic N) is 2. The maximum absolute atomic E-state index is 12.4. The number of hydrogen-bond donors (Lipinski definition) is 0. The Bertz CT molecular complexity index is 793. The molecule has 0 radical (unpaired) electrons. The van der Waals surface area contributed by atoms with Crippen LogP contribution in [0.15, 0.2) is 24.3 Å². The number of anilines is 1. The standard InChI is InChI=1S/C23H35BN2O4/c1-20(2,3)28-19(27)25-13-12-23(14-25)15-26(16-23)18-10-8-17(9-11-18)24-29-21(4,5)22(6,7)30-24/h8-11H,12-16H2,1-7H3. The molecular formula is C23H35BN2O4. The second-order valence-electron chi connectivity index (χ2n) is 11.2. The van der Waals surface area contributed by atoms with Crippen LogP contribution in [0.1, 0.15) is 54.9 Å². The van der Waals surface area contributed by atoms with Crippen molar-refractivity contribution in [1.82, 2.24) is 4.90 Å². The first-order chi connectivity index (χ1) is 13.8. The lowest BCUT2D eigenvalue weighted by atomic mass is 9.77. The summed E-state index contributed by atoms with van der Waals surface area (Å²) < 4.78 is 17.8. The fourth-order valence-corrected chi connectivity index (χ4v) is 4.44. The second-order valence-corrected chi connectivity index (χ2v) is 11.2. The van der Waals surface area contributed by atoms with Gasteiger partial charge in [0.05, 0.1) is 11.2 Å². The molecule has 7 heteroatoms. The smallest absolute Gasteiger partial charge is 0.444 e. The van der Waals surface area contributed by atoms with Gasteiger partial charge in [-0.15, -0.1) is 0 Å². The summed E-state index contributed by atoms with van der Waals surface area (Å²) in [7, 11) is -0.330. The normalized spacial score (nSPS) is 24.3. The quantitative estimate of drug-likeness (QED) is 0.695. The van der Waals surface area contributed by atoms with Crippen LogP contribution in [-0.2, 0) is 14.0 Å². The summed E-state index contributed by atoms with van der Waals surface area (Å²) in [6.07, 6.45) is 0.846. The predicted molar refractivity (Wildman–Crippen MR) is 119 cm³/mol. The Morgan fingerprint density at radius 1 is 1.00 bits per heavy atom. The molecule has 0 saturated carbocycles. The number of likely N-dealkylation sites (tertiary alicyclic amines) is 1. The molecule has 1 aromatic rings. The van der Waals surface area contributed by atoms with Crippen LogP contribution in [0, 0.1) is 5.41 Å². The molecule has 3 fully saturated rings. The Balaban J connectivity index is 1.33. The van der Waals surface area contributed by atoms with Crippen molar-refractivity contribution < 1.29 is 18.8 Å². The minimum atomic E-state index is -0.447. The molecule has 1 aromatic carbocycles. The van der Waals surface area contributed by atoms with Crippen LogP contribution in [0.4, 0.5) is 10.5 Å². The molecule has 3 saturated heterocycles. The van der Waals surface area contributed by atoms with Crippen molar-refractivity contribution in [3.05, 3.63) is 24.3 Å². The second kappa shape index (κ2) is 6.89. The largest absolute Gasteiger partial charge is 0.494 e.